The highest BCUT2D eigenvalue weighted by atomic mass is 16.5. The molecular formula is C40H70N14O2. The maximum atomic E-state index is 6.10. The largest absolute Gasteiger partial charge is 0.459 e. The van der Waals surface area contributed by atoms with Gasteiger partial charge in [0.2, 0.25) is 0 Å². The summed E-state index contributed by atoms with van der Waals surface area (Å²) in [7, 11) is 4.05. The fourth-order valence-electron chi connectivity index (χ4n) is 7.82. The van der Waals surface area contributed by atoms with Gasteiger partial charge in [-0.05, 0) is 131 Å². The predicted octanol–water partition coefficient (Wildman–Crippen LogP) is 4.27. The fourth-order valence-corrected chi connectivity index (χ4v) is 7.82. The lowest BCUT2D eigenvalue weighted by Crippen LogP contribution is -2.42. The van der Waals surface area contributed by atoms with Crippen LogP contribution < -0.4 is 31.6 Å². The summed E-state index contributed by atoms with van der Waals surface area (Å²) in [5.74, 6) is 2.02. The van der Waals surface area contributed by atoms with Crippen molar-refractivity contribution in [2.45, 2.75) is 130 Å². The molecule has 0 radical (unpaired) electrons. The van der Waals surface area contributed by atoms with Gasteiger partial charge in [-0.2, -0.15) is 9.97 Å². The molecule has 0 bridgehead atoms. The van der Waals surface area contributed by atoms with E-state index < -0.39 is 0 Å². The molecule has 2 saturated heterocycles. The van der Waals surface area contributed by atoms with Gasteiger partial charge in [-0.25, -0.2) is 19.0 Å². The molecule has 4 atom stereocenters. The van der Waals surface area contributed by atoms with E-state index in [1.807, 2.05) is 49.4 Å². The van der Waals surface area contributed by atoms with E-state index in [4.69, 9.17) is 20.9 Å². The number of anilines is 2. The third-order valence-corrected chi connectivity index (χ3v) is 11.3. The number of likely N-dealkylation sites (tertiary alicyclic amines) is 2. The lowest BCUT2D eigenvalue weighted by molar-refractivity contribution is 0.171. The first-order valence-electron chi connectivity index (χ1n) is 21.1. The summed E-state index contributed by atoms with van der Waals surface area (Å²) in [4.78, 5) is 22.5. The van der Waals surface area contributed by atoms with Crippen molar-refractivity contribution in [1.82, 2.24) is 59.6 Å². The molecule has 16 heteroatoms. The van der Waals surface area contributed by atoms with Crippen LogP contribution in [0.1, 0.15) is 104 Å². The van der Waals surface area contributed by atoms with Gasteiger partial charge in [0.05, 0.1) is 36.0 Å². The van der Waals surface area contributed by atoms with Gasteiger partial charge in [0.15, 0.2) is 22.9 Å². The zero-order valence-corrected chi connectivity index (χ0v) is 35.4. The van der Waals surface area contributed by atoms with Gasteiger partial charge in [0, 0.05) is 25.2 Å². The van der Waals surface area contributed by atoms with E-state index >= 15 is 0 Å². The molecule has 4 aromatic heterocycles. The van der Waals surface area contributed by atoms with E-state index in [1.54, 1.807) is 0 Å². The Bertz CT molecular complexity index is 1640. The number of ether oxygens (including phenoxy) is 2. The summed E-state index contributed by atoms with van der Waals surface area (Å²) in [6, 6.07) is 1.73. The second-order valence-electron chi connectivity index (χ2n) is 16.2. The number of aromatic nitrogens is 8. The summed E-state index contributed by atoms with van der Waals surface area (Å²) in [6.07, 6.45) is 14.6. The Morgan fingerprint density at radius 3 is 1.38 bits per heavy atom. The smallest absolute Gasteiger partial charge is 0.336 e. The molecule has 2 aliphatic heterocycles. The molecule has 0 aliphatic carbocycles. The van der Waals surface area contributed by atoms with Crippen molar-refractivity contribution in [3.63, 3.8) is 0 Å². The summed E-state index contributed by atoms with van der Waals surface area (Å²) < 4.78 is 15.4. The summed E-state index contributed by atoms with van der Waals surface area (Å²) in [5.41, 5.74) is 15.6. The van der Waals surface area contributed by atoms with Gasteiger partial charge in [-0.3, -0.25) is 0 Å². The molecule has 312 valence electrons. The first kappa shape index (κ1) is 43.3. The third-order valence-electron chi connectivity index (χ3n) is 11.3. The topological polar surface area (TPSA) is 187 Å². The molecule has 2 fully saturated rings. The molecule has 2 unspecified atom stereocenters. The van der Waals surface area contributed by atoms with Gasteiger partial charge >= 0.3 is 12.0 Å². The quantitative estimate of drug-likeness (QED) is 0.112. The second-order valence-corrected chi connectivity index (χ2v) is 16.2. The minimum absolute atomic E-state index is 0.0677. The van der Waals surface area contributed by atoms with E-state index in [0.717, 1.165) is 89.2 Å². The SMILES string of the molecule is CCC[C@H](C)Oc1nc(N)c2ncc(CC3CCN(CC(C)NC)CC3)n2n1.CCC[C@H](C)Oc1nc(N)c2ncc(CC3CCN(CC(C)NC)CC3)n2n1. The van der Waals surface area contributed by atoms with Crippen LogP contribution in [0.15, 0.2) is 12.4 Å². The number of nitrogen functional groups attached to an aromatic ring is 2. The van der Waals surface area contributed by atoms with Crippen LogP contribution >= 0.6 is 0 Å². The standard InChI is InChI=1S/2C20H35N7O/c2*1-5-6-15(3)28-20-24-18(21)19-23-12-17(27(19)25-20)11-16-7-9-26(10-8-16)13-14(2)22-4/h2*12,14-16,22H,5-11,13H2,1-4H3,(H2,21,24,25)/t2*14?,15-/m00/s1. The van der Waals surface area contributed by atoms with Crippen LogP contribution in [0.5, 0.6) is 12.0 Å². The van der Waals surface area contributed by atoms with E-state index in [1.165, 1.54) is 25.7 Å². The summed E-state index contributed by atoms with van der Waals surface area (Å²) >= 11 is 0. The van der Waals surface area contributed by atoms with E-state index in [0.29, 0.717) is 58.9 Å². The van der Waals surface area contributed by atoms with Crippen molar-refractivity contribution in [3.05, 3.63) is 23.8 Å². The van der Waals surface area contributed by atoms with Crippen molar-refractivity contribution in [2.75, 3.05) is 64.8 Å². The molecule has 0 amide bonds. The maximum Gasteiger partial charge on any atom is 0.336 e. The Morgan fingerprint density at radius 1 is 0.661 bits per heavy atom. The van der Waals surface area contributed by atoms with Crippen LogP contribution in [-0.2, 0) is 12.8 Å². The molecule has 6 N–H and O–H groups in total. The normalized spacial score (nSPS) is 18.4. The Labute approximate surface area is 333 Å². The molecule has 16 nitrogen and oxygen atoms in total. The van der Waals surface area contributed by atoms with Gasteiger partial charge < -0.3 is 41.4 Å². The lowest BCUT2D eigenvalue weighted by atomic mass is 9.92. The Balaban J connectivity index is 0.000000214. The highest BCUT2D eigenvalue weighted by Crippen LogP contribution is 2.25. The van der Waals surface area contributed by atoms with Crippen molar-refractivity contribution in [1.29, 1.82) is 0 Å². The van der Waals surface area contributed by atoms with Gasteiger partial charge in [-0.1, -0.05) is 26.7 Å². The number of imidazole rings is 2. The van der Waals surface area contributed by atoms with Crippen LogP contribution in [0.3, 0.4) is 0 Å². The number of hydrogen-bond donors (Lipinski definition) is 4. The lowest BCUT2D eigenvalue weighted by Gasteiger charge is -2.33. The molecule has 2 aliphatic rings. The number of nitrogens with zero attached hydrogens (tertiary/aromatic N) is 10. The Hall–Kier alpha value is -3.86. The molecule has 0 aromatic carbocycles. The number of likely N-dealkylation sites (N-methyl/N-ethyl adjacent to an activating group) is 2. The minimum atomic E-state index is 0.0677. The molecule has 4 aromatic rings. The monoisotopic (exact) mass is 779 g/mol. The van der Waals surface area contributed by atoms with Crippen molar-refractivity contribution in [3.8, 4) is 12.0 Å². The minimum Gasteiger partial charge on any atom is -0.459 e. The van der Waals surface area contributed by atoms with E-state index in [-0.39, 0.29) is 12.2 Å². The number of fused-ring (bicyclic) bond motifs is 2. The van der Waals surface area contributed by atoms with Crippen molar-refractivity contribution in [2.24, 2.45) is 11.8 Å². The predicted molar refractivity (Wildman–Crippen MR) is 223 cm³/mol. The molecule has 0 spiro atoms. The average Bonchev–Trinajstić information content (AvgIpc) is 3.77. The van der Waals surface area contributed by atoms with E-state index in [9.17, 15) is 0 Å². The zero-order chi connectivity index (χ0) is 40.2. The van der Waals surface area contributed by atoms with Gasteiger partial charge in [0.25, 0.3) is 0 Å². The summed E-state index contributed by atoms with van der Waals surface area (Å²) in [6.45, 7) is 19.6. The van der Waals surface area contributed by atoms with Crippen molar-refractivity contribution < 1.29 is 9.47 Å². The van der Waals surface area contributed by atoms with Gasteiger partial charge in [0.1, 0.15) is 0 Å². The number of nitrogens with two attached hydrogens (primary N) is 2. The third kappa shape index (κ3) is 12.1. The number of rotatable bonds is 18. The highest BCUT2D eigenvalue weighted by molar-refractivity contribution is 5.60. The average molecular weight is 779 g/mol. The molecular weight excluding hydrogens is 709 g/mol. The molecule has 56 heavy (non-hydrogen) atoms. The zero-order valence-electron chi connectivity index (χ0n) is 35.4. The van der Waals surface area contributed by atoms with Crippen LogP contribution in [0.2, 0.25) is 0 Å². The Kier molecular flexibility index (Phi) is 16.3. The summed E-state index contributed by atoms with van der Waals surface area (Å²) in [5, 5.41) is 15.8. The van der Waals surface area contributed by atoms with Crippen LogP contribution in [0, 0.1) is 11.8 Å². The van der Waals surface area contributed by atoms with Crippen LogP contribution in [0.25, 0.3) is 11.3 Å². The van der Waals surface area contributed by atoms with E-state index in [2.05, 4.69) is 78.3 Å². The molecule has 6 heterocycles. The number of hydrogen-bond acceptors (Lipinski definition) is 14. The molecule has 0 saturated carbocycles. The van der Waals surface area contributed by atoms with Crippen LogP contribution in [-0.4, -0.2) is 127 Å². The first-order chi connectivity index (χ1) is 27.0. The number of piperidine rings is 2. The Morgan fingerprint density at radius 2 is 1.04 bits per heavy atom. The van der Waals surface area contributed by atoms with Crippen LogP contribution in [0.4, 0.5) is 11.6 Å². The van der Waals surface area contributed by atoms with Gasteiger partial charge in [-0.15, -0.1) is 10.2 Å². The van der Waals surface area contributed by atoms with Crippen molar-refractivity contribution >= 4 is 22.9 Å². The number of nitrogens with one attached hydrogen (secondary N) is 2. The first-order valence-corrected chi connectivity index (χ1v) is 21.1. The molecule has 6 rings (SSSR count). The maximum absolute atomic E-state index is 6.10. The fraction of sp³-hybridized carbons (Fsp3) is 0.750. The second kappa shape index (κ2) is 21.1. The highest BCUT2D eigenvalue weighted by Gasteiger charge is 2.24.